The Hall–Kier alpha value is -1.86. The monoisotopic (exact) mass is 267 g/mol. The number of nitrogens with zero attached hydrogens (tertiary/aromatic N) is 1. The first-order valence-corrected chi connectivity index (χ1v) is 6.66. The molecule has 0 N–H and O–H groups in total. The van der Waals surface area contributed by atoms with Crippen molar-refractivity contribution in [2.45, 2.75) is 13.8 Å². The van der Waals surface area contributed by atoms with Gasteiger partial charge in [-0.1, -0.05) is 41.9 Å². The van der Waals surface area contributed by atoms with Gasteiger partial charge in [0.15, 0.2) is 0 Å². The number of fused-ring (bicyclic) bond motifs is 1. The standard InChI is InChI=1S/C17H14ClN/c1-11-4-3-5-15(12(11)2)16-9-7-13-6-8-14(18)10-17(13)19-16/h3-10H,1-2H3. The summed E-state index contributed by atoms with van der Waals surface area (Å²) in [6.07, 6.45) is 0. The van der Waals surface area contributed by atoms with Gasteiger partial charge in [-0.3, -0.25) is 0 Å². The van der Waals surface area contributed by atoms with Gasteiger partial charge in [0.2, 0.25) is 0 Å². The van der Waals surface area contributed by atoms with Crippen LogP contribution in [0.5, 0.6) is 0 Å². The van der Waals surface area contributed by atoms with Crippen molar-refractivity contribution in [1.29, 1.82) is 0 Å². The van der Waals surface area contributed by atoms with Crippen molar-refractivity contribution >= 4 is 22.5 Å². The molecule has 2 heteroatoms. The number of hydrogen-bond acceptors (Lipinski definition) is 1. The molecule has 2 aromatic carbocycles. The summed E-state index contributed by atoms with van der Waals surface area (Å²) in [5.41, 5.74) is 5.67. The molecule has 0 aliphatic carbocycles. The zero-order valence-corrected chi connectivity index (χ0v) is 11.7. The van der Waals surface area contributed by atoms with E-state index in [9.17, 15) is 0 Å². The summed E-state index contributed by atoms with van der Waals surface area (Å²) in [5.74, 6) is 0. The molecule has 0 aliphatic rings. The summed E-state index contributed by atoms with van der Waals surface area (Å²) < 4.78 is 0. The van der Waals surface area contributed by atoms with Crippen LogP contribution in [0.1, 0.15) is 11.1 Å². The number of aryl methyl sites for hydroxylation is 1. The van der Waals surface area contributed by atoms with Gasteiger partial charge in [0, 0.05) is 16.0 Å². The van der Waals surface area contributed by atoms with Crippen LogP contribution in [0.15, 0.2) is 48.5 Å². The molecule has 19 heavy (non-hydrogen) atoms. The Labute approximate surface area is 117 Å². The summed E-state index contributed by atoms with van der Waals surface area (Å²) in [4.78, 5) is 4.72. The molecule has 0 spiro atoms. The van der Waals surface area contributed by atoms with Crippen LogP contribution in [0.2, 0.25) is 5.02 Å². The van der Waals surface area contributed by atoms with E-state index in [4.69, 9.17) is 16.6 Å². The first-order chi connectivity index (χ1) is 9.15. The molecule has 0 fully saturated rings. The van der Waals surface area contributed by atoms with Crippen LogP contribution in [0.3, 0.4) is 0 Å². The van der Waals surface area contributed by atoms with Crippen LogP contribution in [0.4, 0.5) is 0 Å². The third-order valence-electron chi connectivity index (χ3n) is 3.53. The Morgan fingerprint density at radius 3 is 2.58 bits per heavy atom. The molecule has 0 amide bonds. The lowest BCUT2D eigenvalue weighted by Gasteiger charge is -2.09. The summed E-state index contributed by atoms with van der Waals surface area (Å²) in [6, 6.07) is 16.3. The number of rotatable bonds is 1. The molecule has 1 heterocycles. The van der Waals surface area contributed by atoms with E-state index in [0.717, 1.165) is 21.6 Å². The van der Waals surface area contributed by atoms with Gasteiger partial charge in [0.25, 0.3) is 0 Å². The topological polar surface area (TPSA) is 12.9 Å². The fourth-order valence-corrected chi connectivity index (χ4v) is 2.44. The molecule has 0 unspecified atom stereocenters. The molecule has 1 aromatic heterocycles. The Balaban J connectivity index is 2.22. The second kappa shape index (κ2) is 4.67. The van der Waals surface area contributed by atoms with E-state index in [1.54, 1.807) is 0 Å². The van der Waals surface area contributed by atoms with Crippen molar-refractivity contribution < 1.29 is 0 Å². The minimum absolute atomic E-state index is 0.720. The Kier molecular flexibility index (Phi) is 3.00. The van der Waals surface area contributed by atoms with Gasteiger partial charge in [0.1, 0.15) is 0 Å². The molecular formula is C17H14ClN. The Morgan fingerprint density at radius 2 is 1.74 bits per heavy atom. The first kappa shape index (κ1) is 12.2. The second-order valence-electron chi connectivity index (χ2n) is 4.78. The summed E-state index contributed by atoms with van der Waals surface area (Å²) in [7, 11) is 0. The fourth-order valence-electron chi connectivity index (χ4n) is 2.27. The van der Waals surface area contributed by atoms with Crippen molar-refractivity contribution in [3.63, 3.8) is 0 Å². The highest BCUT2D eigenvalue weighted by atomic mass is 35.5. The molecule has 3 rings (SSSR count). The van der Waals surface area contributed by atoms with Crippen molar-refractivity contribution in [3.05, 3.63) is 64.7 Å². The highest BCUT2D eigenvalue weighted by Gasteiger charge is 2.06. The van der Waals surface area contributed by atoms with Crippen LogP contribution in [0, 0.1) is 13.8 Å². The number of halogens is 1. The van der Waals surface area contributed by atoms with Crippen LogP contribution in [0.25, 0.3) is 22.2 Å². The number of benzene rings is 2. The highest BCUT2D eigenvalue weighted by molar-refractivity contribution is 6.31. The van der Waals surface area contributed by atoms with Crippen LogP contribution in [-0.2, 0) is 0 Å². The molecule has 0 aliphatic heterocycles. The van der Waals surface area contributed by atoms with Crippen molar-refractivity contribution in [2.24, 2.45) is 0 Å². The van der Waals surface area contributed by atoms with E-state index in [1.807, 2.05) is 18.2 Å². The number of pyridine rings is 1. The summed E-state index contributed by atoms with van der Waals surface area (Å²) in [5, 5.41) is 1.83. The van der Waals surface area contributed by atoms with Gasteiger partial charge in [-0.05, 0) is 43.2 Å². The van der Waals surface area contributed by atoms with Gasteiger partial charge in [-0.15, -0.1) is 0 Å². The third-order valence-corrected chi connectivity index (χ3v) is 3.77. The van der Waals surface area contributed by atoms with E-state index in [2.05, 4.69) is 44.2 Å². The van der Waals surface area contributed by atoms with Gasteiger partial charge >= 0.3 is 0 Å². The van der Waals surface area contributed by atoms with Crippen molar-refractivity contribution in [1.82, 2.24) is 4.98 Å². The SMILES string of the molecule is Cc1cccc(-c2ccc3ccc(Cl)cc3n2)c1C. The van der Waals surface area contributed by atoms with Crippen molar-refractivity contribution in [2.75, 3.05) is 0 Å². The van der Waals surface area contributed by atoms with E-state index in [-0.39, 0.29) is 0 Å². The normalized spacial score (nSPS) is 10.9. The molecule has 0 saturated carbocycles. The van der Waals surface area contributed by atoms with Crippen LogP contribution in [-0.4, -0.2) is 4.98 Å². The van der Waals surface area contributed by atoms with Gasteiger partial charge in [-0.25, -0.2) is 4.98 Å². The van der Waals surface area contributed by atoms with E-state index < -0.39 is 0 Å². The predicted molar refractivity (Wildman–Crippen MR) is 81.7 cm³/mol. The zero-order valence-electron chi connectivity index (χ0n) is 10.9. The summed E-state index contributed by atoms with van der Waals surface area (Å²) >= 11 is 6.03. The second-order valence-corrected chi connectivity index (χ2v) is 5.22. The predicted octanol–water partition coefficient (Wildman–Crippen LogP) is 5.17. The molecule has 1 nitrogen and oxygen atoms in total. The largest absolute Gasteiger partial charge is 0.248 e. The average Bonchev–Trinajstić information content (AvgIpc) is 2.41. The summed E-state index contributed by atoms with van der Waals surface area (Å²) in [6.45, 7) is 4.26. The van der Waals surface area contributed by atoms with Gasteiger partial charge < -0.3 is 0 Å². The van der Waals surface area contributed by atoms with E-state index >= 15 is 0 Å². The van der Waals surface area contributed by atoms with Crippen LogP contribution >= 0.6 is 11.6 Å². The smallest absolute Gasteiger partial charge is 0.0724 e. The molecule has 0 radical (unpaired) electrons. The Morgan fingerprint density at radius 1 is 0.947 bits per heavy atom. The fraction of sp³-hybridized carbons (Fsp3) is 0.118. The quantitative estimate of drug-likeness (QED) is 0.593. The van der Waals surface area contributed by atoms with E-state index in [0.29, 0.717) is 0 Å². The maximum Gasteiger partial charge on any atom is 0.0724 e. The Bertz CT molecular complexity index is 762. The van der Waals surface area contributed by atoms with Gasteiger partial charge in [0.05, 0.1) is 11.2 Å². The lowest BCUT2D eigenvalue weighted by Crippen LogP contribution is -1.90. The van der Waals surface area contributed by atoms with Crippen LogP contribution < -0.4 is 0 Å². The number of hydrogen-bond donors (Lipinski definition) is 0. The third kappa shape index (κ3) is 2.22. The lowest BCUT2D eigenvalue weighted by atomic mass is 10.00. The first-order valence-electron chi connectivity index (χ1n) is 6.28. The molecular weight excluding hydrogens is 254 g/mol. The maximum atomic E-state index is 6.03. The minimum atomic E-state index is 0.720. The zero-order chi connectivity index (χ0) is 13.4. The maximum absolute atomic E-state index is 6.03. The number of aromatic nitrogens is 1. The lowest BCUT2D eigenvalue weighted by molar-refractivity contribution is 1.31. The highest BCUT2D eigenvalue weighted by Crippen LogP contribution is 2.26. The molecule has 94 valence electrons. The molecule has 0 saturated heterocycles. The molecule has 0 atom stereocenters. The van der Waals surface area contributed by atoms with E-state index in [1.165, 1.54) is 16.7 Å². The minimum Gasteiger partial charge on any atom is -0.248 e. The van der Waals surface area contributed by atoms with Crippen molar-refractivity contribution in [3.8, 4) is 11.3 Å². The molecule has 0 bridgehead atoms. The average molecular weight is 268 g/mol. The van der Waals surface area contributed by atoms with Gasteiger partial charge in [-0.2, -0.15) is 0 Å². The molecule has 3 aromatic rings.